The van der Waals surface area contributed by atoms with Gasteiger partial charge in [-0.15, -0.1) is 0 Å². The van der Waals surface area contributed by atoms with Crippen LogP contribution in [0.4, 0.5) is 0 Å². The van der Waals surface area contributed by atoms with E-state index >= 15 is 0 Å². The molecule has 0 heterocycles. The van der Waals surface area contributed by atoms with Crippen LogP contribution in [0.5, 0.6) is 0 Å². The van der Waals surface area contributed by atoms with Crippen LogP contribution in [0.15, 0.2) is 24.3 Å². The largest absolute Gasteiger partial charge is 0.465 e. The molecule has 0 saturated carbocycles. The first-order valence-corrected chi connectivity index (χ1v) is 6.59. The molecule has 0 radical (unpaired) electrons. The van der Waals surface area contributed by atoms with Crippen molar-refractivity contribution >= 4 is 35.0 Å². The van der Waals surface area contributed by atoms with Crippen LogP contribution in [-0.2, 0) is 38.1 Å². The van der Waals surface area contributed by atoms with Gasteiger partial charge in [0.05, 0.1) is 28.4 Å². The Morgan fingerprint density at radius 3 is 0.917 bits per heavy atom. The number of hydrogen-bond donors (Lipinski definition) is 0. The standard InChI is InChI=1S/C16H16O8/c1-21-13(17)11(14(18)22-2)9-5-7-10(8-6-9)12(15(19)23-3)16(20)24-4/h5-8H,1-4H3. The van der Waals surface area contributed by atoms with Crippen LogP contribution in [-0.4, -0.2) is 52.3 Å². The van der Waals surface area contributed by atoms with Gasteiger partial charge < -0.3 is 18.9 Å². The molecule has 24 heavy (non-hydrogen) atoms. The SMILES string of the molecule is COC(=O)C(C(=O)OC)=c1ccc(=C(C(=O)OC)C(=O)OC)cc1. The summed E-state index contributed by atoms with van der Waals surface area (Å²) in [6.45, 7) is 0. The van der Waals surface area contributed by atoms with Crippen molar-refractivity contribution in [2.75, 3.05) is 28.4 Å². The number of benzene rings is 1. The highest BCUT2D eigenvalue weighted by atomic mass is 16.5. The van der Waals surface area contributed by atoms with Crippen LogP contribution in [0, 0.1) is 0 Å². The molecule has 0 aliphatic rings. The molecule has 0 aliphatic carbocycles. The van der Waals surface area contributed by atoms with E-state index < -0.39 is 23.9 Å². The van der Waals surface area contributed by atoms with Crippen molar-refractivity contribution in [2.24, 2.45) is 0 Å². The van der Waals surface area contributed by atoms with E-state index in [1.807, 2.05) is 0 Å². The molecule has 8 nitrogen and oxygen atoms in total. The molecule has 0 fully saturated rings. The highest BCUT2D eigenvalue weighted by Crippen LogP contribution is 2.01. The maximum Gasteiger partial charge on any atom is 0.345 e. The topological polar surface area (TPSA) is 105 Å². The normalized spacial score (nSPS) is 9.50. The number of ether oxygens (including phenoxy) is 4. The fourth-order valence-corrected chi connectivity index (χ4v) is 1.85. The number of esters is 4. The van der Waals surface area contributed by atoms with Crippen molar-refractivity contribution in [3.05, 3.63) is 34.7 Å². The summed E-state index contributed by atoms with van der Waals surface area (Å²) in [4.78, 5) is 46.9. The van der Waals surface area contributed by atoms with E-state index in [-0.39, 0.29) is 21.6 Å². The van der Waals surface area contributed by atoms with Crippen LogP contribution in [0.3, 0.4) is 0 Å². The van der Waals surface area contributed by atoms with Crippen LogP contribution in [0.1, 0.15) is 0 Å². The lowest BCUT2D eigenvalue weighted by molar-refractivity contribution is -0.142. The maximum atomic E-state index is 11.7. The quantitative estimate of drug-likeness (QED) is 0.379. The molecule has 1 aromatic rings. The lowest BCUT2D eigenvalue weighted by atomic mass is 10.1. The second-order valence-electron chi connectivity index (χ2n) is 4.29. The van der Waals surface area contributed by atoms with Gasteiger partial charge >= 0.3 is 23.9 Å². The average molecular weight is 336 g/mol. The first-order valence-electron chi connectivity index (χ1n) is 6.59. The zero-order valence-electron chi connectivity index (χ0n) is 13.6. The number of rotatable bonds is 4. The predicted octanol–water partition coefficient (Wildman–Crippen LogP) is -1.32. The van der Waals surface area contributed by atoms with Crippen molar-refractivity contribution in [3.8, 4) is 0 Å². The number of hydrogen-bond acceptors (Lipinski definition) is 8. The summed E-state index contributed by atoms with van der Waals surface area (Å²) in [7, 11) is 4.50. The van der Waals surface area contributed by atoms with Crippen molar-refractivity contribution in [2.45, 2.75) is 0 Å². The molecule has 8 heteroatoms. The Hall–Kier alpha value is -3.16. The summed E-state index contributed by atoms with van der Waals surface area (Å²) in [6, 6.07) is 5.46. The van der Waals surface area contributed by atoms with Gasteiger partial charge in [-0.1, -0.05) is 24.3 Å². The fourth-order valence-electron chi connectivity index (χ4n) is 1.85. The predicted molar refractivity (Wildman–Crippen MR) is 80.6 cm³/mol. The molecule has 0 saturated heterocycles. The summed E-state index contributed by atoms with van der Waals surface area (Å²) in [5.41, 5.74) is -0.631. The summed E-state index contributed by atoms with van der Waals surface area (Å²) in [5, 5.41) is 0.401. The van der Waals surface area contributed by atoms with E-state index in [4.69, 9.17) is 0 Å². The smallest absolute Gasteiger partial charge is 0.345 e. The summed E-state index contributed by atoms with van der Waals surface area (Å²) in [6.07, 6.45) is 0. The van der Waals surface area contributed by atoms with E-state index in [2.05, 4.69) is 18.9 Å². The second-order valence-corrected chi connectivity index (χ2v) is 4.29. The molecule has 0 aromatic heterocycles. The van der Waals surface area contributed by atoms with E-state index in [1.54, 1.807) is 0 Å². The van der Waals surface area contributed by atoms with Crippen molar-refractivity contribution in [1.82, 2.24) is 0 Å². The molecule has 0 atom stereocenters. The first-order chi connectivity index (χ1) is 11.4. The molecule has 128 valence electrons. The van der Waals surface area contributed by atoms with Crippen LogP contribution < -0.4 is 10.4 Å². The van der Waals surface area contributed by atoms with Gasteiger partial charge in [0, 0.05) is 0 Å². The maximum absolute atomic E-state index is 11.7. The Bertz CT molecular complexity index is 664. The van der Waals surface area contributed by atoms with Gasteiger partial charge in [0.2, 0.25) is 0 Å². The van der Waals surface area contributed by atoms with E-state index in [0.717, 1.165) is 28.4 Å². The summed E-state index contributed by atoms with van der Waals surface area (Å²) in [5.74, 6) is -3.50. The number of methoxy groups -OCH3 is 4. The van der Waals surface area contributed by atoms with Gasteiger partial charge in [-0.25, -0.2) is 19.2 Å². The first kappa shape index (κ1) is 18.9. The highest BCUT2D eigenvalue weighted by molar-refractivity contribution is 6.37. The Kier molecular flexibility index (Phi) is 6.66. The van der Waals surface area contributed by atoms with E-state index in [9.17, 15) is 19.2 Å². The average Bonchev–Trinajstić information content (AvgIpc) is 2.62. The minimum atomic E-state index is -0.875. The molecule has 1 rings (SSSR count). The number of carbonyl (C=O) groups is 4. The molecule has 0 aliphatic heterocycles. The summed E-state index contributed by atoms with van der Waals surface area (Å²) < 4.78 is 18.2. The van der Waals surface area contributed by atoms with Crippen molar-refractivity contribution < 1.29 is 38.1 Å². The third-order valence-electron chi connectivity index (χ3n) is 3.02. The molecule has 1 aromatic carbocycles. The molecular formula is C16H16O8. The van der Waals surface area contributed by atoms with Gasteiger partial charge in [0.25, 0.3) is 0 Å². The molecule has 0 unspecified atom stereocenters. The third kappa shape index (κ3) is 3.97. The third-order valence-corrected chi connectivity index (χ3v) is 3.02. The van der Waals surface area contributed by atoms with Crippen LogP contribution in [0.2, 0.25) is 0 Å². The van der Waals surface area contributed by atoms with Crippen LogP contribution in [0.25, 0.3) is 11.1 Å². The molecule has 0 N–H and O–H groups in total. The number of carbonyl (C=O) groups excluding carboxylic acids is 4. The minimum Gasteiger partial charge on any atom is -0.465 e. The zero-order valence-corrected chi connectivity index (χ0v) is 13.6. The van der Waals surface area contributed by atoms with Gasteiger partial charge in [0.1, 0.15) is 0 Å². The lowest BCUT2D eigenvalue weighted by Crippen LogP contribution is -2.26. The Morgan fingerprint density at radius 2 is 0.750 bits per heavy atom. The molecular weight excluding hydrogens is 320 g/mol. The van der Waals surface area contributed by atoms with Gasteiger partial charge in [0.15, 0.2) is 11.1 Å². The molecule has 0 amide bonds. The monoisotopic (exact) mass is 336 g/mol. The van der Waals surface area contributed by atoms with Gasteiger partial charge in [-0.2, -0.15) is 0 Å². The summed E-state index contributed by atoms with van der Waals surface area (Å²) >= 11 is 0. The zero-order chi connectivity index (χ0) is 18.3. The van der Waals surface area contributed by atoms with Crippen LogP contribution >= 0.6 is 0 Å². The Balaban J connectivity index is 3.67. The highest BCUT2D eigenvalue weighted by Gasteiger charge is 2.22. The molecule has 0 bridgehead atoms. The van der Waals surface area contributed by atoms with Gasteiger partial charge in [-0.05, 0) is 10.4 Å². The van der Waals surface area contributed by atoms with Crippen molar-refractivity contribution in [1.29, 1.82) is 0 Å². The Labute approximate surface area is 137 Å². The second kappa shape index (κ2) is 8.47. The van der Waals surface area contributed by atoms with Gasteiger partial charge in [-0.3, -0.25) is 0 Å². The minimum absolute atomic E-state index is 0.200. The fraction of sp³-hybridized carbons (Fsp3) is 0.250. The molecule has 0 spiro atoms. The van der Waals surface area contributed by atoms with E-state index in [1.165, 1.54) is 24.3 Å². The Morgan fingerprint density at radius 1 is 0.542 bits per heavy atom. The van der Waals surface area contributed by atoms with E-state index in [0.29, 0.717) is 0 Å². The van der Waals surface area contributed by atoms with Crippen molar-refractivity contribution in [3.63, 3.8) is 0 Å². The lowest BCUT2D eigenvalue weighted by Gasteiger charge is -2.04.